The third kappa shape index (κ3) is 4.74. The number of rotatable bonds is 6. The molecule has 2 N–H and O–H groups in total. The van der Waals surface area contributed by atoms with Crippen molar-refractivity contribution in [3.63, 3.8) is 0 Å². The lowest BCUT2D eigenvalue weighted by Gasteiger charge is -2.26. The van der Waals surface area contributed by atoms with Crippen LogP contribution in [-0.4, -0.2) is 33.5 Å². The second-order valence-corrected chi connectivity index (χ2v) is 8.42. The maximum atomic E-state index is 12.4. The van der Waals surface area contributed by atoms with E-state index in [1.807, 2.05) is 25.1 Å². The van der Waals surface area contributed by atoms with Crippen molar-refractivity contribution >= 4 is 15.9 Å². The lowest BCUT2D eigenvalue weighted by Crippen LogP contribution is -2.46. The van der Waals surface area contributed by atoms with Gasteiger partial charge in [0, 0.05) is 6.54 Å². The molecule has 0 saturated heterocycles. The van der Waals surface area contributed by atoms with E-state index in [1.165, 1.54) is 24.6 Å². The zero-order chi connectivity index (χ0) is 19.4. The van der Waals surface area contributed by atoms with Crippen LogP contribution in [0.15, 0.2) is 53.4 Å². The summed E-state index contributed by atoms with van der Waals surface area (Å²) in [6.07, 6.45) is 0.632. The van der Waals surface area contributed by atoms with Gasteiger partial charge >= 0.3 is 0 Å². The number of carbonyl (C=O) groups excluding carboxylic acids is 1. The summed E-state index contributed by atoms with van der Waals surface area (Å²) in [6, 6.07) is 13.6. The molecule has 3 rings (SSSR count). The van der Waals surface area contributed by atoms with Gasteiger partial charge in [-0.15, -0.1) is 0 Å². The Morgan fingerprint density at radius 3 is 2.63 bits per heavy atom. The third-order valence-corrected chi connectivity index (χ3v) is 6.17. The minimum absolute atomic E-state index is 0.136. The average Bonchev–Trinajstić information content (AvgIpc) is 2.66. The van der Waals surface area contributed by atoms with E-state index in [2.05, 4.69) is 16.1 Å². The van der Waals surface area contributed by atoms with Crippen LogP contribution in [0, 0.1) is 6.92 Å². The Bertz CT molecular complexity index is 910. The number of hydrogen-bond acceptors (Lipinski definition) is 4. The molecule has 0 bridgehead atoms. The smallest absolute Gasteiger partial charge is 0.241 e. The van der Waals surface area contributed by atoms with Gasteiger partial charge in [0.25, 0.3) is 0 Å². The summed E-state index contributed by atoms with van der Waals surface area (Å²) in [5, 5.41) is 2.79. The number of ether oxygens (including phenoxy) is 1. The highest BCUT2D eigenvalue weighted by Crippen LogP contribution is 2.26. The average molecular weight is 388 g/mol. The van der Waals surface area contributed by atoms with Crippen LogP contribution < -0.4 is 10.0 Å². The van der Waals surface area contributed by atoms with Gasteiger partial charge in [-0.2, -0.15) is 4.72 Å². The number of carbonyl (C=O) groups is 1. The normalized spacial score (nSPS) is 17.8. The van der Waals surface area contributed by atoms with Gasteiger partial charge in [-0.1, -0.05) is 42.0 Å². The van der Waals surface area contributed by atoms with Crippen LogP contribution in [0.25, 0.3) is 0 Å². The quantitative estimate of drug-likeness (QED) is 0.794. The first-order chi connectivity index (χ1) is 12.9. The topological polar surface area (TPSA) is 84.5 Å². The SMILES string of the molecule is Cc1ccc(S(=O)(=O)NC(C)C(=O)NCC2OCCc3ccccc32)cc1. The highest BCUT2D eigenvalue weighted by atomic mass is 32.2. The summed E-state index contributed by atoms with van der Waals surface area (Å²) in [5.41, 5.74) is 3.25. The molecule has 0 spiro atoms. The van der Waals surface area contributed by atoms with Crippen LogP contribution in [0.5, 0.6) is 0 Å². The molecule has 1 aliphatic heterocycles. The van der Waals surface area contributed by atoms with Gasteiger partial charge in [0.2, 0.25) is 15.9 Å². The van der Waals surface area contributed by atoms with Gasteiger partial charge < -0.3 is 10.1 Å². The molecule has 7 heteroatoms. The first-order valence-corrected chi connectivity index (χ1v) is 10.4. The van der Waals surface area contributed by atoms with Gasteiger partial charge in [0.1, 0.15) is 6.10 Å². The summed E-state index contributed by atoms with van der Waals surface area (Å²) < 4.78 is 33.0. The Labute approximate surface area is 160 Å². The van der Waals surface area contributed by atoms with Crippen LogP contribution >= 0.6 is 0 Å². The van der Waals surface area contributed by atoms with Crippen molar-refractivity contribution in [1.29, 1.82) is 0 Å². The maximum absolute atomic E-state index is 12.4. The fourth-order valence-electron chi connectivity index (χ4n) is 3.06. The second kappa shape index (κ2) is 8.21. The second-order valence-electron chi connectivity index (χ2n) is 6.71. The number of amides is 1. The summed E-state index contributed by atoms with van der Waals surface area (Å²) in [6.45, 7) is 4.31. The summed E-state index contributed by atoms with van der Waals surface area (Å²) in [4.78, 5) is 12.5. The van der Waals surface area contributed by atoms with Gasteiger partial charge in [-0.25, -0.2) is 8.42 Å². The van der Waals surface area contributed by atoms with Crippen molar-refractivity contribution in [2.45, 2.75) is 37.3 Å². The number of sulfonamides is 1. The molecule has 2 atom stereocenters. The van der Waals surface area contributed by atoms with Gasteiger partial charge in [0.05, 0.1) is 17.5 Å². The molecular weight excluding hydrogens is 364 g/mol. The number of aryl methyl sites for hydroxylation is 1. The number of benzene rings is 2. The molecule has 27 heavy (non-hydrogen) atoms. The highest BCUT2D eigenvalue weighted by Gasteiger charge is 2.24. The van der Waals surface area contributed by atoms with E-state index in [0.717, 1.165) is 17.5 Å². The molecule has 144 valence electrons. The van der Waals surface area contributed by atoms with Crippen LogP contribution in [0.2, 0.25) is 0 Å². The monoisotopic (exact) mass is 388 g/mol. The molecular formula is C20H24N2O4S. The minimum Gasteiger partial charge on any atom is -0.371 e. The zero-order valence-corrected chi connectivity index (χ0v) is 16.3. The summed E-state index contributed by atoms with van der Waals surface area (Å²) in [7, 11) is -3.76. The van der Waals surface area contributed by atoms with Crippen molar-refractivity contribution in [1.82, 2.24) is 10.0 Å². The molecule has 0 fully saturated rings. The Balaban J connectivity index is 1.59. The maximum Gasteiger partial charge on any atom is 0.241 e. The van der Waals surface area contributed by atoms with E-state index in [1.54, 1.807) is 12.1 Å². The predicted octanol–water partition coefficient (Wildman–Crippen LogP) is 2.09. The first-order valence-electron chi connectivity index (χ1n) is 8.93. The van der Waals surface area contributed by atoms with E-state index < -0.39 is 22.0 Å². The molecule has 2 unspecified atom stereocenters. The summed E-state index contributed by atoms with van der Waals surface area (Å²) >= 11 is 0. The molecule has 1 heterocycles. The Hall–Kier alpha value is -2.22. The van der Waals surface area contributed by atoms with Gasteiger partial charge in [0.15, 0.2) is 0 Å². The fraction of sp³-hybridized carbons (Fsp3) is 0.350. The number of nitrogens with one attached hydrogen (secondary N) is 2. The largest absolute Gasteiger partial charge is 0.371 e. The van der Waals surface area contributed by atoms with Crippen molar-refractivity contribution < 1.29 is 17.9 Å². The van der Waals surface area contributed by atoms with Crippen molar-refractivity contribution in [3.8, 4) is 0 Å². The molecule has 0 saturated carbocycles. The molecule has 1 aliphatic rings. The standard InChI is InChI=1S/C20H24N2O4S/c1-14-7-9-17(10-8-14)27(24,25)22-15(2)20(23)21-13-19-18-6-4-3-5-16(18)11-12-26-19/h3-10,15,19,22H,11-13H2,1-2H3,(H,21,23). The molecule has 1 amide bonds. The van der Waals surface area contributed by atoms with Crippen LogP contribution in [-0.2, 0) is 26.0 Å². The van der Waals surface area contributed by atoms with E-state index in [4.69, 9.17) is 4.74 Å². The van der Waals surface area contributed by atoms with Crippen LogP contribution in [0.1, 0.15) is 29.7 Å². The molecule has 2 aromatic carbocycles. The van der Waals surface area contributed by atoms with E-state index in [-0.39, 0.29) is 11.0 Å². The molecule has 0 radical (unpaired) electrons. The Morgan fingerprint density at radius 2 is 1.89 bits per heavy atom. The van der Waals surface area contributed by atoms with Gasteiger partial charge in [-0.3, -0.25) is 4.79 Å². The lowest BCUT2D eigenvalue weighted by molar-refractivity contribution is -0.123. The molecule has 0 aliphatic carbocycles. The van der Waals surface area contributed by atoms with Crippen molar-refractivity contribution in [2.24, 2.45) is 0 Å². The Morgan fingerprint density at radius 1 is 1.19 bits per heavy atom. The first kappa shape index (κ1) is 19.5. The molecule has 2 aromatic rings. The molecule has 0 aromatic heterocycles. The van der Waals surface area contributed by atoms with Crippen molar-refractivity contribution in [3.05, 3.63) is 65.2 Å². The fourth-order valence-corrected chi connectivity index (χ4v) is 4.27. The summed E-state index contributed by atoms with van der Waals surface area (Å²) in [5.74, 6) is -0.391. The van der Waals surface area contributed by atoms with E-state index in [9.17, 15) is 13.2 Å². The van der Waals surface area contributed by atoms with Gasteiger partial charge in [-0.05, 0) is 43.5 Å². The highest BCUT2D eigenvalue weighted by molar-refractivity contribution is 7.89. The van der Waals surface area contributed by atoms with E-state index >= 15 is 0 Å². The Kier molecular flexibility index (Phi) is 5.94. The number of hydrogen-bond donors (Lipinski definition) is 2. The third-order valence-electron chi connectivity index (χ3n) is 4.61. The number of fused-ring (bicyclic) bond motifs is 1. The van der Waals surface area contributed by atoms with Crippen LogP contribution in [0.3, 0.4) is 0 Å². The van der Waals surface area contributed by atoms with Crippen LogP contribution in [0.4, 0.5) is 0 Å². The zero-order valence-electron chi connectivity index (χ0n) is 15.4. The lowest BCUT2D eigenvalue weighted by atomic mass is 9.97. The molecule has 6 nitrogen and oxygen atoms in total. The predicted molar refractivity (Wildman–Crippen MR) is 103 cm³/mol. The minimum atomic E-state index is -3.76. The van der Waals surface area contributed by atoms with Crippen molar-refractivity contribution in [2.75, 3.05) is 13.2 Å². The van der Waals surface area contributed by atoms with E-state index in [0.29, 0.717) is 13.2 Å².